The van der Waals surface area contributed by atoms with Crippen molar-refractivity contribution in [2.75, 3.05) is 31.2 Å². The SMILES string of the molecule is Cc1cccc(C)c1N1CC=C[C@@]23O[C@H]4/C=C\CCC(=O)OC[C@H](c5ccccc5)NC(=O)[C@H]4[C@@H]2C(=O)N(CCO)[C@H]3C1=O. The van der Waals surface area contributed by atoms with Gasteiger partial charge in [0, 0.05) is 25.2 Å². The maximum atomic E-state index is 14.6. The summed E-state index contributed by atoms with van der Waals surface area (Å²) in [6.07, 6.45) is 6.76. The van der Waals surface area contributed by atoms with Gasteiger partial charge in [-0.1, -0.05) is 72.8 Å². The molecule has 6 rings (SSSR count). The summed E-state index contributed by atoms with van der Waals surface area (Å²) in [6.45, 7) is 3.63. The van der Waals surface area contributed by atoms with Crippen molar-refractivity contribution in [3.63, 3.8) is 0 Å². The number of carbonyl (C=O) groups excluding carboxylic acids is 4. The number of amides is 3. The van der Waals surface area contributed by atoms with Crippen molar-refractivity contribution in [1.82, 2.24) is 10.2 Å². The Labute approximate surface area is 256 Å². The molecule has 0 saturated carbocycles. The quantitative estimate of drug-likeness (QED) is 0.409. The number of esters is 1. The molecule has 0 unspecified atom stereocenters. The Hall–Kier alpha value is -4.28. The number of rotatable bonds is 4. The van der Waals surface area contributed by atoms with Crippen LogP contribution in [0, 0.1) is 25.7 Å². The fourth-order valence-electron chi connectivity index (χ4n) is 7.22. The highest BCUT2D eigenvalue weighted by Crippen LogP contribution is 2.53. The predicted molar refractivity (Wildman–Crippen MR) is 161 cm³/mol. The molecule has 2 saturated heterocycles. The molecule has 2 aromatic rings. The van der Waals surface area contributed by atoms with Crippen LogP contribution in [0.5, 0.6) is 0 Å². The van der Waals surface area contributed by atoms with Crippen LogP contribution in [0.25, 0.3) is 0 Å². The number of aryl methyl sites for hydroxylation is 2. The third-order valence-corrected chi connectivity index (χ3v) is 9.12. The number of β-amino-alcohol motifs (C(OH)–C–C–N with tert-alkyl or cyclic N) is 1. The minimum atomic E-state index is -1.44. The fraction of sp³-hybridized carbons (Fsp3) is 0.412. The number of anilines is 1. The van der Waals surface area contributed by atoms with Gasteiger partial charge in [0.25, 0.3) is 5.91 Å². The lowest BCUT2D eigenvalue weighted by Crippen LogP contribution is -2.56. The average molecular weight is 600 g/mol. The van der Waals surface area contributed by atoms with Crippen LogP contribution in [-0.2, 0) is 28.7 Å². The minimum Gasteiger partial charge on any atom is -0.463 e. The molecule has 2 aromatic carbocycles. The Balaban J connectivity index is 1.43. The van der Waals surface area contributed by atoms with Crippen molar-refractivity contribution >= 4 is 29.4 Å². The molecule has 0 bridgehead atoms. The van der Waals surface area contributed by atoms with E-state index in [2.05, 4.69) is 5.32 Å². The van der Waals surface area contributed by atoms with Gasteiger partial charge in [-0.2, -0.15) is 0 Å². The molecule has 0 radical (unpaired) electrons. The van der Waals surface area contributed by atoms with Gasteiger partial charge in [-0.25, -0.2) is 0 Å². The first-order valence-electron chi connectivity index (χ1n) is 15.1. The largest absolute Gasteiger partial charge is 0.463 e. The van der Waals surface area contributed by atoms with Gasteiger partial charge in [0.1, 0.15) is 18.2 Å². The maximum Gasteiger partial charge on any atom is 0.306 e. The third kappa shape index (κ3) is 5.01. The number of hydrogen-bond donors (Lipinski definition) is 2. The summed E-state index contributed by atoms with van der Waals surface area (Å²) in [4.78, 5) is 58.6. The van der Waals surface area contributed by atoms with Crippen LogP contribution >= 0.6 is 0 Å². The van der Waals surface area contributed by atoms with E-state index in [1.165, 1.54) is 4.90 Å². The number of nitrogens with zero attached hydrogens (tertiary/aromatic N) is 2. The number of hydrogen-bond acceptors (Lipinski definition) is 7. The number of ether oxygens (including phenoxy) is 2. The van der Waals surface area contributed by atoms with Crippen LogP contribution in [0.2, 0.25) is 0 Å². The molecular weight excluding hydrogens is 562 g/mol. The summed E-state index contributed by atoms with van der Waals surface area (Å²) in [6, 6.07) is 13.3. The van der Waals surface area contributed by atoms with Crippen LogP contribution in [0.4, 0.5) is 5.69 Å². The molecule has 2 fully saturated rings. The highest BCUT2D eigenvalue weighted by molar-refractivity contribution is 6.06. The fourth-order valence-corrected chi connectivity index (χ4v) is 7.22. The molecule has 0 aliphatic carbocycles. The zero-order valence-corrected chi connectivity index (χ0v) is 24.8. The highest BCUT2D eigenvalue weighted by atomic mass is 16.5. The summed E-state index contributed by atoms with van der Waals surface area (Å²) in [7, 11) is 0. The van der Waals surface area contributed by atoms with Crippen LogP contribution in [0.15, 0.2) is 72.8 Å². The molecule has 0 aromatic heterocycles. The number of allylic oxidation sites excluding steroid dienone is 1. The van der Waals surface area contributed by atoms with Crippen molar-refractivity contribution in [1.29, 1.82) is 0 Å². The molecule has 6 atom stereocenters. The van der Waals surface area contributed by atoms with Crippen molar-refractivity contribution in [2.24, 2.45) is 11.8 Å². The van der Waals surface area contributed by atoms with E-state index in [0.29, 0.717) is 6.42 Å². The molecule has 2 N–H and O–H groups in total. The average Bonchev–Trinajstić information content (AvgIpc) is 3.39. The lowest BCUT2D eigenvalue weighted by Gasteiger charge is -2.35. The summed E-state index contributed by atoms with van der Waals surface area (Å²) < 4.78 is 12.2. The van der Waals surface area contributed by atoms with E-state index in [4.69, 9.17) is 9.47 Å². The normalized spacial score (nSPS) is 31.2. The standard InChI is InChI=1S/C34H37N3O7/c1-21-10-8-11-22(2)29(21)36-17-9-16-34-28(32(41)37(18-19-38)30(34)33(36)42)27-25(44-34)14-6-7-15-26(39)43-20-24(35-31(27)40)23-12-4-3-5-13-23/h3-6,8-14,16,24-25,27-28,30,38H,7,15,17-20H2,1-2H3,(H,35,40)/b14-6-/t24-,25+,27-,28-,30+,34-/m1/s1. The van der Waals surface area contributed by atoms with Gasteiger partial charge in [-0.3, -0.25) is 19.2 Å². The number of aliphatic hydroxyl groups excluding tert-OH is 1. The second-order valence-corrected chi connectivity index (χ2v) is 11.8. The van der Waals surface area contributed by atoms with Gasteiger partial charge in [-0.05, 0) is 37.0 Å². The Morgan fingerprint density at radius 1 is 0.977 bits per heavy atom. The highest BCUT2D eigenvalue weighted by Gasteiger charge is 2.71. The number of aliphatic hydroxyl groups is 1. The minimum absolute atomic E-state index is 0.0668. The van der Waals surface area contributed by atoms with E-state index in [1.54, 1.807) is 23.1 Å². The maximum absolute atomic E-state index is 14.6. The van der Waals surface area contributed by atoms with Gasteiger partial charge in [0.05, 0.1) is 30.6 Å². The molecule has 4 heterocycles. The smallest absolute Gasteiger partial charge is 0.306 e. The Morgan fingerprint density at radius 3 is 2.45 bits per heavy atom. The molecule has 3 amide bonds. The number of carbonyl (C=O) groups is 4. The Morgan fingerprint density at radius 2 is 1.73 bits per heavy atom. The number of likely N-dealkylation sites (tertiary alicyclic amines) is 1. The summed E-state index contributed by atoms with van der Waals surface area (Å²) >= 11 is 0. The summed E-state index contributed by atoms with van der Waals surface area (Å²) in [5.74, 6) is -3.58. The molecule has 4 aliphatic rings. The second-order valence-electron chi connectivity index (χ2n) is 11.8. The van der Waals surface area contributed by atoms with Gasteiger partial charge < -0.3 is 29.7 Å². The van der Waals surface area contributed by atoms with E-state index < -0.39 is 47.4 Å². The van der Waals surface area contributed by atoms with Crippen LogP contribution in [-0.4, -0.2) is 77.7 Å². The lowest BCUT2D eigenvalue weighted by molar-refractivity contribution is -0.146. The van der Waals surface area contributed by atoms with E-state index >= 15 is 0 Å². The molecule has 10 nitrogen and oxygen atoms in total. The number of fused-ring (bicyclic) bond motifs is 2. The first-order valence-corrected chi connectivity index (χ1v) is 15.1. The number of nitrogens with one attached hydrogen (secondary N) is 1. The van der Waals surface area contributed by atoms with Crippen molar-refractivity contribution in [2.45, 2.75) is 50.5 Å². The molecule has 44 heavy (non-hydrogen) atoms. The number of para-hydroxylation sites is 1. The second kappa shape index (κ2) is 12.0. The van der Waals surface area contributed by atoms with Gasteiger partial charge in [0.15, 0.2) is 0 Å². The zero-order chi connectivity index (χ0) is 31.0. The van der Waals surface area contributed by atoms with E-state index in [9.17, 15) is 24.3 Å². The first kappa shape index (κ1) is 29.8. The molecular formula is C34H37N3O7. The zero-order valence-electron chi connectivity index (χ0n) is 24.8. The van der Waals surface area contributed by atoms with E-state index in [1.807, 2.05) is 68.5 Å². The molecule has 10 heteroatoms. The summed E-state index contributed by atoms with van der Waals surface area (Å²) in [5.41, 5.74) is 1.89. The topological polar surface area (TPSA) is 125 Å². The lowest BCUT2D eigenvalue weighted by atomic mass is 9.77. The van der Waals surface area contributed by atoms with Gasteiger partial charge in [0.2, 0.25) is 11.8 Å². The summed E-state index contributed by atoms with van der Waals surface area (Å²) in [5, 5.41) is 13.0. The third-order valence-electron chi connectivity index (χ3n) is 9.12. The van der Waals surface area contributed by atoms with E-state index in [0.717, 1.165) is 22.4 Å². The van der Waals surface area contributed by atoms with Crippen LogP contribution < -0.4 is 10.2 Å². The van der Waals surface area contributed by atoms with Gasteiger partial charge >= 0.3 is 5.97 Å². The van der Waals surface area contributed by atoms with Crippen molar-refractivity contribution in [3.8, 4) is 0 Å². The van der Waals surface area contributed by atoms with Crippen molar-refractivity contribution in [3.05, 3.63) is 89.5 Å². The number of cyclic esters (lactones) is 1. The van der Waals surface area contributed by atoms with Crippen LogP contribution in [0.1, 0.15) is 35.6 Å². The monoisotopic (exact) mass is 599 g/mol. The molecule has 230 valence electrons. The number of benzene rings is 2. The first-order chi connectivity index (χ1) is 21.3. The van der Waals surface area contributed by atoms with Crippen LogP contribution in [0.3, 0.4) is 0 Å². The van der Waals surface area contributed by atoms with E-state index in [-0.39, 0.29) is 44.6 Å². The van der Waals surface area contributed by atoms with Crippen molar-refractivity contribution < 1.29 is 33.8 Å². The van der Waals surface area contributed by atoms with Gasteiger partial charge in [-0.15, -0.1) is 0 Å². The Kier molecular flexibility index (Phi) is 8.13. The molecule has 4 aliphatic heterocycles. The predicted octanol–water partition coefficient (Wildman–Crippen LogP) is 2.53. The molecule has 1 spiro atoms. The Bertz CT molecular complexity index is 1500.